The van der Waals surface area contributed by atoms with Crippen molar-refractivity contribution in [2.45, 2.75) is 17.4 Å². The number of nitrogens with zero attached hydrogens (tertiary/aromatic N) is 3. The third-order valence-electron chi connectivity index (χ3n) is 2.98. The van der Waals surface area contributed by atoms with Crippen LogP contribution in [0.2, 0.25) is 0 Å². The van der Waals surface area contributed by atoms with E-state index in [2.05, 4.69) is 20.5 Å². The van der Waals surface area contributed by atoms with Crippen molar-refractivity contribution in [3.63, 3.8) is 0 Å². The standard InChI is InChI=1S/C12H13N5O3S/c1-7(10(18)17-6-5-14-11(17)19)21-12-16-15-9(20-12)8-3-2-4-13-8/h2-4,7,13H,5-6H2,1H3,(H,14,19)/t7-/m1/s1. The average Bonchev–Trinajstić information content (AvgIpc) is 3.17. The van der Waals surface area contributed by atoms with Crippen molar-refractivity contribution in [1.82, 2.24) is 25.4 Å². The SMILES string of the molecule is C[C@@H](Sc1nnc(-c2ccc[nH]2)o1)C(=O)N1CCNC1=O. The van der Waals surface area contributed by atoms with Crippen molar-refractivity contribution >= 4 is 23.7 Å². The number of thioether (sulfide) groups is 1. The molecular weight excluding hydrogens is 294 g/mol. The van der Waals surface area contributed by atoms with Gasteiger partial charge in [-0.15, -0.1) is 10.2 Å². The monoisotopic (exact) mass is 307 g/mol. The van der Waals surface area contributed by atoms with Crippen LogP contribution < -0.4 is 5.32 Å². The van der Waals surface area contributed by atoms with Gasteiger partial charge in [-0.1, -0.05) is 11.8 Å². The van der Waals surface area contributed by atoms with E-state index in [4.69, 9.17) is 4.42 Å². The van der Waals surface area contributed by atoms with Gasteiger partial charge in [0.25, 0.3) is 11.1 Å². The van der Waals surface area contributed by atoms with E-state index in [1.807, 2.05) is 12.1 Å². The number of H-pyrrole nitrogens is 1. The molecule has 1 fully saturated rings. The molecule has 0 aliphatic carbocycles. The summed E-state index contributed by atoms with van der Waals surface area (Å²) in [6.07, 6.45) is 1.75. The molecule has 2 aromatic rings. The van der Waals surface area contributed by atoms with Gasteiger partial charge in [-0.25, -0.2) is 4.79 Å². The van der Waals surface area contributed by atoms with Crippen LogP contribution in [-0.4, -0.2) is 50.4 Å². The Labute approximate surface area is 124 Å². The van der Waals surface area contributed by atoms with Crippen LogP contribution in [0.4, 0.5) is 4.79 Å². The van der Waals surface area contributed by atoms with Crippen molar-refractivity contribution in [2.75, 3.05) is 13.1 Å². The number of nitrogens with one attached hydrogen (secondary N) is 2. The Bertz CT molecular complexity index is 654. The highest BCUT2D eigenvalue weighted by Crippen LogP contribution is 2.26. The Kier molecular flexibility index (Phi) is 3.65. The highest BCUT2D eigenvalue weighted by atomic mass is 32.2. The van der Waals surface area contributed by atoms with Crippen molar-refractivity contribution in [3.05, 3.63) is 18.3 Å². The van der Waals surface area contributed by atoms with E-state index in [0.29, 0.717) is 29.9 Å². The van der Waals surface area contributed by atoms with E-state index in [1.165, 1.54) is 4.90 Å². The molecule has 1 saturated heterocycles. The quantitative estimate of drug-likeness (QED) is 0.820. The molecule has 0 aromatic carbocycles. The van der Waals surface area contributed by atoms with Gasteiger partial charge < -0.3 is 14.7 Å². The average molecular weight is 307 g/mol. The Hall–Kier alpha value is -2.29. The first kappa shape index (κ1) is 13.7. The molecule has 2 aromatic heterocycles. The summed E-state index contributed by atoms with van der Waals surface area (Å²) >= 11 is 1.13. The van der Waals surface area contributed by atoms with Crippen LogP contribution in [0.1, 0.15) is 6.92 Å². The summed E-state index contributed by atoms with van der Waals surface area (Å²) in [7, 11) is 0. The fourth-order valence-electron chi connectivity index (χ4n) is 1.93. The van der Waals surface area contributed by atoms with Gasteiger partial charge in [-0.2, -0.15) is 0 Å². The molecule has 0 radical (unpaired) electrons. The molecule has 1 aliphatic rings. The minimum Gasteiger partial charge on any atom is -0.410 e. The summed E-state index contributed by atoms with van der Waals surface area (Å²) in [6, 6.07) is 3.28. The number of hydrogen-bond acceptors (Lipinski definition) is 6. The fourth-order valence-corrected chi connectivity index (χ4v) is 2.68. The van der Waals surface area contributed by atoms with Gasteiger partial charge in [-0.05, 0) is 19.1 Å². The molecule has 110 valence electrons. The van der Waals surface area contributed by atoms with Crippen LogP contribution >= 0.6 is 11.8 Å². The first-order valence-electron chi connectivity index (χ1n) is 6.38. The summed E-state index contributed by atoms with van der Waals surface area (Å²) in [5.74, 6) is 0.0932. The van der Waals surface area contributed by atoms with Crippen LogP contribution in [0.3, 0.4) is 0 Å². The molecule has 3 rings (SSSR count). The number of carbonyl (C=O) groups is 2. The lowest BCUT2D eigenvalue weighted by Gasteiger charge is -2.15. The van der Waals surface area contributed by atoms with Gasteiger partial charge >= 0.3 is 6.03 Å². The lowest BCUT2D eigenvalue weighted by molar-refractivity contribution is -0.126. The molecule has 21 heavy (non-hydrogen) atoms. The molecule has 0 saturated carbocycles. The van der Waals surface area contributed by atoms with Crippen LogP contribution in [-0.2, 0) is 4.79 Å². The van der Waals surface area contributed by atoms with E-state index in [1.54, 1.807) is 13.1 Å². The summed E-state index contributed by atoms with van der Waals surface area (Å²) in [4.78, 5) is 27.8. The smallest absolute Gasteiger partial charge is 0.324 e. The second kappa shape index (κ2) is 5.60. The van der Waals surface area contributed by atoms with Crippen LogP contribution in [0.5, 0.6) is 0 Å². The predicted molar refractivity (Wildman–Crippen MR) is 74.5 cm³/mol. The molecule has 3 heterocycles. The summed E-state index contributed by atoms with van der Waals surface area (Å²) in [6.45, 7) is 2.58. The van der Waals surface area contributed by atoms with Crippen molar-refractivity contribution in [2.24, 2.45) is 0 Å². The first-order valence-corrected chi connectivity index (χ1v) is 7.26. The largest absolute Gasteiger partial charge is 0.410 e. The maximum absolute atomic E-state index is 12.1. The Morgan fingerprint density at radius 2 is 2.38 bits per heavy atom. The van der Waals surface area contributed by atoms with Gasteiger partial charge in [0.15, 0.2) is 0 Å². The van der Waals surface area contributed by atoms with Crippen molar-refractivity contribution in [1.29, 1.82) is 0 Å². The maximum atomic E-state index is 12.1. The molecular formula is C12H13N5O3S. The van der Waals surface area contributed by atoms with E-state index in [-0.39, 0.29) is 11.9 Å². The zero-order valence-corrected chi connectivity index (χ0v) is 12.0. The second-order valence-corrected chi connectivity index (χ2v) is 5.73. The first-order chi connectivity index (χ1) is 10.1. The van der Waals surface area contributed by atoms with Gasteiger partial charge in [0.2, 0.25) is 5.91 Å². The Balaban J connectivity index is 1.66. The van der Waals surface area contributed by atoms with Gasteiger partial charge in [0, 0.05) is 19.3 Å². The molecule has 0 bridgehead atoms. The number of aromatic amines is 1. The minimum absolute atomic E-state index is 0.269. The zero-order chi connectivity index (χ0) is 14.8. The highest BCUT2D eigenvalue weighted by Gasteiger charge is 2.31. The van der Waals surface area contributed by atoms with Crippen LogP contribution in [0.25, 0.3) is 11.6 Å². The topological polar surface area (TPSA) is 104 Å². The summed E-state index contributed by atoms with van der Waals surface area (Å²) in [5.41, 5.74) is 0.715. The number of hydrogen-bond donors (Lipinski definition) is 2. The molecule has 3 amide bonds. The Morgan fingerprint density at radius 3 is 3.05 bits per heavy atom. The van der Waals surface area contributed by atoms with Gasteiger partial charge in [-0.3, -0.25) is 9.69 Å². The van der Waals surface area contributed by atoms with Crippen molar-refractivity contribution in [3.8, 4) is 11.6 Å². The van der Waals surface area contributed by atoms with Crippen LogP contribution in [0, 0.1) is 0 Å². The molecule has 1 atom stereocenters. The van der Waals surface area contributed by atoms with Gasteiger partial charge in [0.1, 0.15) is 5.69 Å². The summed E-state index contributed by atoms with van der Waals surface area (Å²) in [5, 5.41) is 10.2. The lowest BCUT2D eigenvalue weighted by Crippen LogP contribution is -2.38. The minimum atomic E-state index is -0.481. The maximum Gasteiger partial charge on any atom is 0.324 e. The zero-order valence-electron chi connectivity index (χ0n) is 11.2. The number of rotatable bonds is 4. The molecule has 0 spiro atoms. The molecule has 1 aliphatic heterocycles. The normalized spacial score (nSPS) is 16.0. The fraction of sp³-hybridized carbons (Fsp3) is 0.333. The number of aromatic nitrogens is 3. The number of carbonyl (C=O) groups excluding carboxylic acids is 2. The van der Waals surface area contributed by atoms with E-state index < -0.39 is 5.25 Å². The van der Waals surface area contributed by atoms with Gasteiger partial charge in [0.05, 0.1) is 5.25 Å². The molecule has 9 heteroatoms. The third kappa shape index (κ3) is 2.77. The lowest BCUT2D eigenvalue weighted by atomic mass is 10.4. The Morgan fingerprint density at radius 1 is 1.52 bits per heavy atom. The number of amides is 3. The number of urea groups is 1. The molecule has 0 unspecified atom stereocenters. The highest BCUT2D eigenvalue weighted by molar-refractivity contribution is 8.00. The van der Waals surface area contributed by atoms with E-state index >= 15 is 0 Å². The van der Waals surface area contributed by atoms with E-state index in [0.717, 1.165) is 11.8 Å². The van der Waals surface area contributed by atoms with Crippen LogP contribution in [0.15, 0.2) is 28.0 Å². The van der Waals surface area contributed by atoms with E-state index in [9.17, 15) is 9.59 Å². The molecule has 2 N–H and O–H groups in total. The number of imide groups is 1. The second-order valence-electron chi connectivity index (χ2n) is 4.44. The predicted octanol–water partition coefficient (Wildman–Crippen LogP) is 1.10. The summed E-state index contributed by atoms with van der Waals surface area (Å²) < 4.78 is 5.48. The third-order valence-corrected chi connectivity index (χ3v) is 3.90. The molecule has 8 nitrogen and oxygen atoms in total. The van der Waals surface area contributed by atoms with Crippen molar-refractivity contribution < 1.29 is 14.0 Å².